The predicted molar refractivity (Wildman–Crippen MR) is 43.1 cm³/mol. The van der Waals surface area contributed by atoms with Gasteiger partial charge in [0.05, 0.1) is 0 Å². The molecule has 0 radical (unpaired) electrons. The fourth-order valence-corrected chi connectivity index (χ4v) is 2.38. The lowest BCUT2D eigenvalue weighted by Gasteiger charge is -2.15. The molecule has 2 atom stereocenters. The van der Waals surface area contributed by atoms with Gasteiger partial charge in [-0.25, -0.2) is 0 Å². The van der Waals surface area contributed by atoms with E-state index in [9.17, 15) is 4.79 Å². The van der Waals surface area contributed by atoms with Gasteiger partial charge in [-0.15, -0.1) is 0 Å². The Morgan fingerprint density at radius 2 is 2.00 bits per heavy atom. The van der Waals surface area contributed by atoms with Crippen molar-refractivity contribution in [2.24, 2.45) is 5.92 Å². The maximum absolute atomic E-state index is 11.1. The van der Waals surface area contributed by atoms with Gasteiger partial charge in [0, 0.05) is 12.5 Å². The van der Waals surface area contributed by atoms with Gasteiger partial charge in [0.2, 0.25) is 5.91 Å². The van der Waals surface area contributed by atoms with E-state index in [1.165, 1.54) is 25.7 Å². The van der Waals surface area contributed by atoms with Crippen LogP contribution in [0.4, 0.5) is 0 Å². The molecule has 0 aromatic carbocycles. The van der Waals surface area contributed by atoms with Crippen LogP contribution in [0, 0.1) is 5.92 Å². The minimum absolute atomic E-state index is 0.277. The molecule has 1 saturated carbocycles. The van der Waals surface area contributed by atoms with Gasteiger partial charge in [-0.05, 0) is 31.6 Å². The van der Waals surface area contributed by atoms with E-state index >= 15 is 0 Å². The highest BCUT2D eigenvalue weighted by Gasteiger charge is 2.30. The number of nitrogens with one attached hydrogen (secondary N) is 1. The lowest BCUT2D eigenvalue weighted by molar-refractivity contribution is -0.121. The van der Waals surface area contributed by atoms with Crippen LogP contribution >= 0.6 is 0 Å². The van der Waals surface area contributed by atoms with Crippen LogP contribution in [0.3, 0.4) is 0 Å². The zero-order valence-electron chi connectivity index (χ0n) is 6.81. The Morgan fingerprint density at radius 3 is 2.91 bits per heavy atom. The van der Waals surface area contributed by atoms with E-state index in [1.807, 2.05) is 0 Å². The van der Waals surface area contributed by atoms with E-state index < -0.39 is 0 Å². The number of amides is 1. The lowest BCUT2D eigenvalue weighted by Crippen LogP contribution is -2.34. The Labute approximate surface area is 67.4 Å². The van der Waals surface area contributed by atoms with Gasteiger partial charge in [0.25, 0.3) is 0 Å². The molecule has 0 unspecified atom stereocenters. The standard InChI is InChI=1S/C9H15NO/c11-9-6-2-4-7-3-1-5-8(7)10-9/h7-8H,1-6H2,(H,10,11)/t7-,8-/m0/s1. The second-order valence-electron chi connectivity index (χ2n) is 3.76. The molecule has 1 saturated heterocycles. The molecule has 2 nitrogen and oxygen atoms in total. The third-order valence-corrected chi connectivity index (χ3v) is 2.98. The molecule has 1 N–H and O–H groups in total. The summed E-state index contributed by atoms with van der Waals surface area (Å²) in [5, 5.41) is 3.10. The second-order valence-corrected chi connectivity index (χ2v) is 3.76. The Bertz CT molecular complexity index is 167. The minimum Gasteiger partial charge on any atom is -0.353 e. The lowest BCUT2D eigenvalue weighted by atomic mass is 9.99. The molecule has 2 fully saturated rings. The molecule has 0 bridgehead atoms. The van der Waals surface area contributed by atoms with Crippen molar-refractivity contribution in [3.63, 3.8) is 0 Å². The second kappa shape index (κ2) is 2.84. The number of hydrogen-bond acceptors (Lipinski definition) is 1. The first-order valence-corrected chi connectivity index (χ1v) is 4.65. The molecule has 0 aromatic heterocycles. The first kappa shape index (κ1) is 7.14. The van der Waals surface area contributed by atoms with Crippen LogP contribution in [-0.2, 0) is 4.79 Å². The van der Waals surface area contributed by atoms with Crippen molar-refractivity contribution in [2.75, 3.05) is 0 Å². The summed E-state index contributed by atoms with van der Waals surface area (Å²) in [5.41, 5.74) is 0. The topological polar surface area (TPSA) is 29.1 Å². The molecule has 11 heavy (non-hydrogen) atoms. The van der Waals surface area contributed by atoms with Gasteiger partial charge in [-0.2, -0.15) is 0 Å². The summed E-state index contributed by atoms with van der Waals surface area (Å²) >= 11 is 0. The summed E-state index contributed by atoms with van der Waals surface area (Å²) < 4.78 is 0. The number of carbonyl (C=O) groups excluding carboxylic acids is 1. The normalized spacial score (nSPS) is 37.6. The van der Waals surface area contributed by atoms with Crippen molar-refractivity contribution in [2.45, 2.75) is 44.6 Å². The average Bonchev–Trinajstić information content (AvgIpc) is 2.31. The SMILES string of the molecule is O=C1CCC[C@@H]2CCC[C@@H]2N1. The van der Waals surface area contributed by atoms with Gasteiger partial charge < -0.3 is 5.32 Å². The molecule has 0 aromatic rings. The summed E-state index contributed by atoms with van der Waals surface area (Å²) in [6.07, 6.45) is 7.00. The molecule has 2 aliphatic rings. The highest BCUT2D eigenvalue weighted by molar-refractivity contribution is 5.76. The number of hydrogen-bond donors (Lipinski definition) is 1. The fourth-order valence-electron chi connectivity index (χ4n) is 2.38. The molecule has 1 aliphatic heterocycles. The Kier molecular flexibility index (Phi) is 1.84. The van der Waals surface area contributed by atoms with Gasteiger partial charge in [0.1, 0.15) is 0 Å². The first-order chi connectivity index (χ1) is 5.36. The molecule has 1 heterocycles. The van der Waals surface area contributed by atoms with Crippen LogP contribution in [-0.4, -0.2) is 11.9 Å². The van der Waals surface area contributed by atoms with Gasteiger partial charge in [-0.1, -0.05) is 6.42 Å². The molecule has 2 heteroatoms. The Hall–Kier alpha value is -0.530. The zero-order chi connectivity index (χ0) is 7.68. The summed E-state index contributed by atoms with van der Waals surface area (Å²) in [4.78, 5) is 11.1. The monoisotopic (exact) mass is 153 g/mol. The van der Waals surface area contributed by atoms with Crippen LogP contribution in [0.1, 0.15) is 38.5 Å². The van der Waals surface area contributed by atoms with Crippen molar-refractivity contribution < 1.29 is 4.79 Å². The van der Waals surface area contributed by atoms with Crippen molar-refractivity contribution in [1.29, 1.82) is 0 Å². The van der Waals surface area contributed by atoms with Crippen LogP contribution in [0.2, 0.25) is 0 Å². The third kappa shape index (κ3) is 1.39. The average molecular weight is 153 g/mol. The minimum atomic E-state index is 0.277. The van der Waals surface area contributed by atoms with Gasteiger partial charge in [-0.3, -0.25) is 4.79 Å². The van der Waals surface area contributed by atoms with E-state index in [4.69, 9.17) is 0 Å². The largest absolute Gasteiger partial charge is 0.353 e. The van der Waals surface area contributed by atoms with E-state index in [0.29, 0.717) is 6.04 Å². The quantitative estimate of drug-likeness (QED) is 0.560. The van der Waals surface area contributed by atoms with Gasteiger partial charge >= 0.3 is 0 Å². The first-order valence-electron chi connectivity index (χ1n) is 4.65. The van der Waals surface area contributed by atoms with E-state index in [1.54, 1.807) is 0 Å². The predicted octanol–water partition coefficient (Wildman–Crippen LogP) is 1.46. The van der Waals surface area contributed by atoms with E-state index in [0.717, 1.165) is 18.8 Å². The van der Waals surface area contributed by atoms with Crippen molar-refractivity contribution in [1.82, 2.24) is 5.32 Å². The summed E-state index contributed by atoms with van der Waals surface area (Å²) in [6.45, 7) is 0. The number of fused-ring (bicyclic) bond motifs is 1. The summed E-state index contributed by atoms with van der Waals surface area (Å²) in [7, 11) is 0. The molecule has 62 valence electrons. The smallest absolute Gasteiger partial charge is 0.220 e. The van der Waals surface area contributed by atoms with Crippen molar-refractivity contribution >= 4 is 5.91 Å². The van der Waals surface area contributed by atoms with Crippen molar-refractivity contribution in [3.8, 4) is 0 Å². The number of carbonyl (C=O) groups is 1. The fraction of sp³-hybridized carbons (Fsp3) is 0.889. The Morgan fingerprint density at radius 1 is 1.18 bits per heavy atom. The van der Waals surface area contributed by atoms with Crippen LogP contribution in [0.15, 0.2) is 0 Å². The zero-order valence-corrected chi connectivity index (χ0v) is 6.81. The Balaban J connectivity index is 2.03. The van der Waals surface area contributed by atoms with Crippen molar-refractivity contribution in [3.05, 3.63) is 0 Å². The third-order valence-electron chi connectivity index (χ3n) is 2.98. The molecule has 1 aliphatic carbocycles. The van der Waals surface area contributed by atoms with E-state index in [2.05, 4.69) is 5.32 Å². The molecular weight excluding hydrogens is 138 g/mol. The van der Waals surface area contributed by atoms with Crippen LogP contribution in [0.25, 0.3) is 0 Å². The molecule has 0 spiro atoms. The van der Waals surface area contributed by atoms with Crippen LogP contribution < -0.4 is 5.32 Å². The highest BCUT2D eigenvalue weighted by atomic mass is 16.1. The van der Waals surface area contributed by atoms with Crippen LogP contribution in [0.5, 0.6) is 0 Å². The van der Waals surface area contributed by atoms with Gasteiger partial charge in [0.15, 0.2) is 0 Å². The molecular formula is C9H15NO. The van der Waals surface area contributed by atoms with E-state index in [-0.39, 0.29) is 5.91 Å². The molecule has 2 rings (SSSR count). The highest BCUT2D eigenvalue weighted by Crippen LogP contribution is 2.31. The number of rotatable bonds is 0. The summed E-state index contributed by atoms with van der Waals surface area (Å²) in [5.74, 6) is 1.08. The maximum atomic E-state index is 11.1. The summed E-state index contributed by atoms with van der Waals surface area (Å²) in [6, 6.07) is 0.532. The molecule has 1 amide bonds. The maximum Gasteiger partial charge on any atom is 0.220 e.